The largest absolute Gasteiger partial charge is 0.423 e. The van der Waals surface area contributed by atoms with Gasteiger partial charge in [-0.15, -0.1) is 0 Å². The molecule has 0 bridgehead atoms. The van der Waals surface area contributed by atoms with Crippen LogP contribution in [-0.2, 0) is 16.1 Å². The van der Waals surface area contributed by atoms with Crippen LogP contribution in [0.1, 0.15) is 11.1 Å². The Morgan fingerprint density at radius 3 is 2.88 bits per heavy atom. The van der Waals surface area contributed by atoms with Gasteiger partial charge in [0.2, 0.25) is 5.91 Å². The number of anilines is 1. The second kappa shape index (κ2) is 6.70. The van der Waals surface area contributed by atoms with Crippen molar-refractivity contribution < 1.29 is 18.7 Å². The fourth-order valence-electron chi connectivity index (χ4n) is 2.57. The molecule has 1 aliphatic heterocycles. The molecule has 0 saturated heterocycles. The van der Waals surface area contributed by atoms with Crippen molar-refractivity contribution in [2.24, 2.45) is 0 Å². The summed E-state index contributed by atoms with van der Waals surface area (Å²) in [6, 6.07) is 11.7. The monoisotopic (exact) mass is 328 g/mol. The van der Waals surface area contributed by atoms with Crippen LogP contribution in [0.15, 0.2) is 42.5 Å². The van der Waals surface area contributed by atoms with E-state index in [1.54, 1.807) is 29.2 Å². The number of esters is 1. The van der Waals surface area contributed by atoms with Crippen LogP contribution in [0.3, 0.4) is 0 Å². The number of amides is 1. The van der Waals surface area contributed by atoms with E-state index in [4.69, 9.17) is 4.74 Å². The predicted octanol–water partition coefficient (Wildman–Crippen LogP) is 2.18. The fraction of sp³-hybridized carbons (Fsp3) is 0.222. The zero-order valence-electron chi connectivity index (χ0n) is 13.2. The molecule has 0 fully saturated rings. The number of hydrogen-bond donors (Lipinski definition) is 1. The van der Waals surface area contributed by atoms with Gasteiger partial charge < -0.3 is 15.0 Å². The number of carbonyl (C=O) groups excluding carboxylic acids is 2. The molecule has 0 aliphatic carbocycles. The third-order valence-electron chi connectivity index (χ3n) is 3.77. The average molecular weight is 328 g/mol. The Kier molecular flexibility index (Phi) is 4.46. The number of hydrogen-bond acceptors (Lipinski definition) is 4. The molecule has 0 unspecified atom stereocenters. The molecule has 0 aromatic heterocycles. The third kappa shape index (κ3) is 3.53. The van der Waals surface area contributed by atoms with Gasteiger partial charge in [-0.3, -0.25) is 4.79 Å². The Balaban J connectivity index is 1.67. The molecule has 0 spiro atoms. The van der Waals surface area contributed by atoms with E-state index in [1.165, 1.54) is 6.07 Å². The van der Waals surface area contributed by atoms with Crippen molar-refractivity contribution in [2.45, 2.75) is 13.5 Å². The smallest absolute Gasteiger partial charge is 0.331 e. The fourth-order valence-corrected chi connectivity index (χ4v) is 2.57. The van der Waals surface area contributed by atoms with Crippen LogP contribution in [0.2, 0.25) is 0 Å². The number of nitrogens with one attached hydrogen (secondary N) is 1. The van der Waals surface area contributed by atoms with Crippen molar-refractivity contribution in [3.8, 4) is 5.75 Å². The molecule has 0 saturated carbocycles. The van der Waals surface area contributed by atoms with Crippen LogP contribution in [0.4, 0.5) is 10.1 Å². The maximum absolute atomic E-state index is 13.6. The van der Waals surface area contributed by atoms with E-state index in [2.05, 4.69) is 5.32 Å². The SMILES string of the molecule is Cc1ccc2c(c1)OC(=O)CN2CC(=O)NCc1ccccc1F. The first-order valence-corrected chi connectivity index (χ1v) is 7.59. The van der Waals surface area contributed by atoms with Crippen molar-refractivity contribution in [1.82, 2.24) is 5.32 Å². The molecular formula is C18H17FN2O3. The van der Waals surface area contributed by atoms with Gasteiger partial charge in [-0.25, -0.2) is 9.18 Å². The molecule has 1 aliphatic rings. The standard InChI is InChI=1S/C18H17FN2O3/c1-12-6-7-15-16(8-12)24-18(23)11-21(15)10-17(22)20-9-13-4-2-3-5-14(13)19/h2-8H,9-11H2,1H3,(H,20,22). The van der Waals surface area contributed by atoms with Crippen LogP contribution in [0.25, 0.3) is 0 Å². The summed E-state index contributed by atoms with van der Waals surface area (Å²) in [5.41, 5.74) is 2.08. The molecule has 5 nitrogen and oxygen atoms in total. The van der Waals surface area contributed by atoms with E-state index in [0.717, 1.165) is 5.56 Å². The number of rotatable bonds is 4. The zero-order chi connectivity index (χ0) is 17.1. The Morgan fingerprint density at radius 2 is 2.08 bits per heavy atom. The molecule has 124 valence electrons. The van der Waals surface area contributed by atoms with Gasteiger partial charge >= 0.3 is 5.97 Å². The maximum atomic E-state index is 13.6. The summed E-state index contributed by atoms with van der Waals surface area (Å²) >= 11 is 0. The van der Waals surface area contributed by atoms with Crippen molar-refractivity contribution >= 4 is 17.6 Å². The first-order valence-electron chi connectivity index (χ1n) is 7.59. The first kappa shape index (κ1) is 16.0. The quantitative estimate of drug-likeness (QED) is 0.690. The van der Waals surface area contributed by atoms with Crippen molar-refractivity contribution in [3.05, 3.63) is 59.4 Å². The summed E-state index contributed by atoms with van der Waals surface area (Å²) < 4.78 is 18.8. The van der Waals surface area contributed by atoms with Gasteiger partial charge in [0.05, 0.1) is 12.2 Å². The van der Waals surface area contributed by atoms with E-state index >= 15 is 0 Å². The summed E-state index contributed by atoms with van der Waals surface area (Å²) in [6.45, 7) is 2.00. The number of halogens is 1. The molecular weight excluding hydrogens is 311 g/mol. The predicted molar refractivity (Wildman–Crippen MR) is 87.3 cm³/mol. The molecule has 0 atom stereocenters. The summed E-state index contributed by atoms with van der Waals surface area (Å²) in [5.74, 6) is -0.609. The van der Waals surface area contributed by atoms with Crippen LogP contribution in [0, 0.1) is 12.7 Å². The van der Waals surface area contributed by atoms with Crippen molar-refractivity contribution in [1.29, 1.82) is 0 Å². The minimum atomic E-state index is -0.407. The highest BCUT2D eigenvalue weighted by molar-refractivity contribution is 5.89. The van der Waals surface area contributed by atoms with E-state index < -0.39 is 5.97 Å². The summed E-state index contributed by atoms with van der Waals surface area (Å²) in [6.07, 6.45) is 0. The molecule has 2 aromatic carbocycles. The van der Waals surface area contributed by atoms with Crippen molar-refractivity contribution in [3.63, 3.8) is 0 Å². The number of nitrogens with zero attached hydrogens (tertiary/aromatic N) is 1. The lowest BCUT2D eigenvalue weighted by atomic mass is 10.1. The van der Waals surface area contributed by atoms with Gasteiger partial charge in [0.25, 0.3) is 0 Å². The molecule has 1 amide bonds. The number of carbonyl (C=O) groups is 2. The lowest BCUT2D eigenvalue weighted by Gasteiger charge is -2.29. The topological polar surface area (TPSA) is 58.6 Å². The minimum Gasteiger partial charge on any atom is -0.423 e. The van der Waals surface area contributed by atoms with Crippen LogP contribution >= 0.6 is 0 Å². The molecule has 1 N–H and O–H groups in total. The van der Waals surface area contributed by atoms with E-state index in [0.29, 0.717) is 17.0 Å². The van der Waals surface area contributed by atoms with E-state index in [9.17, 15) is 14.0 Å². The first-order chi connectivity index (χ1) is 11.5. The molecule has 1 heterocycles. The number of ether oxygens (including phenoxy) is 1. The zero-order valence-corrected chi connectivity index (χ0v) is 13.2. The van der Waals surface area contributed by atoms with Gasteiger partial charge in [-0.2, -0.15) is 0 Å². The normalized spacial score (nSPS) is 13.2. The lowest BCUT2D eigenvalue weighted by molar-refractivity contribution is -0.133. The minimum absolute atomic E-state index is 0.000383. The van der Waals surface area contributed by atoms with Crippen molar-refractivity contribution in [2.75, 3.05) is 18.0 Å². The molecule has 6 heteroatoms. The highest BCUT2D eigenvalue weighted by atomic mass is 19.1. The van der Waals surface area contributed by atoms with Crippen LogP contribution < -0.4 is 15.0 Å². The lowest BCUT2D eigenvalue weighted by Crippen LogP contribution is -2.43. The summed E-state index contributed by atoms with van der Waals surface area (Å²) in [7, 11) is 0. The Hall–Kier alpha value is -2.89. The van der Waals surface area contributed by atoms with Gasteiger partial charge in [0.1, 0.15) is 12.4 Å². The van der Waals surface area contributed by atoms with E-state index in [1.807, 2.05) is 19.1 Å². The van der Waals surface area contributed by atoms with Gasteiger partial charge in [0.15, 0.2) is 5.75 Å². The average Bonchev–Trinajstić information content (AvgIpc) is 2.53. The summed E-state index contributed by atoms with van der Waals surface area (Å²) in [4.78, 5) is 25.5. The second-order valence-corrected chi connectivity index (χ2v) is 5.67. The van der Waals surface area contributed by atoms with Gasteiger partial charge in [-0.05, 0) is 30.7 Å². The number of aryl methyl sites for hydroxylation is 1. The molecule has 2 aromatic rings. The van der Waals surface area contributed by atoms with Gasteiger partial charge in [-0.1, -0.05) is 24.3 Å². The molecule has 24 heavy (non-hydrogen) atoms. The Labute approximate surface area is 139 Å². The second-order valence-electron chi connectivity index (χ2n) is 5.67. The van der Waals surface area contributed by atoms with Crippen LogP contribution in [-0.4, -0.2) is 25.0 Å². The van der Waals surface area contributed by atoms with Gasteiger partial charge in [0, 0.05) is 12.1 Å². The Morgan fingerprint density at radius 1 is 1.29 bits per heavy atom. The highest BCUT2D eigenvalue weighted by Crippen LogP contribution is 2.32. The summed E-state index contributed by atoms with van der Waals surface area (Å²) in [5, 5.41) is 2.67. The third-order valence-corrected chi connectivity index (χ3v) is 3.77. The maximum Gasteiger partial charge on any atom is 0.331 e. The number of fused-ring (bicyclic) bond motifs is 1. The molecule has 3 rings (SSSR count). The Bertz CT molecular complexity index is 792. The van der Waals surface area contributed by atoms with Crippen LogP contribution in [0.5, 0.6) is 5.75 Å². The number of benzene rings is 2. The van der Waals surface area contributed by atoms with E-state index in [-0.39, 0.29) is 31.4 Å². The highest BCUT2D eigenvalue weighted by Gasteiger charge is 2.25. The molecule has 0 radical (unpaired) electrons.